The molecule has 0 fully saturated rings. The molecule has 1 aromatic rings. The number of nitro benzene ring substituents is 1. The van der Waals surface area contributed by atoms with Crippen LogP contribution in [-0.4, -0.2) is 33.0 Å². The van der Waals surface area contributed by atoms with Crippen LogP contribution in [0.4, 0.5) is 10.1 Å². The first kappa shape index (κ1) is 16.0. The van der Waals surface area contributed by atoms with Gasteiger partial charge in [0.25, 0.3) is 5.69 Å². The summed E-state index contributed by atoms with van der Waals surface area (Å²) >= 11 is 0. The fourth-order valence-corrected chi connectivity index (χ4v) is 1.90. The lowest BCUT2D eigenvalue weighted by atomic mass is 10.0. The number of halogens is 1. The van der Waals surface area contributed by atoms with Crippen LogP contribution in [0.15, 0.2) is 18.2 Å². The maximum Gasteiger partial charge on any atom is 0.323 e. The largest absolute Gasteiger partial charge is 0.480 e. The zero-order chi connectivity index (χ0) is 15.5. The topological polar surface area (TPSA) is 83.7 Å². The second-order valence-electron chi connectivity index (χ2n) is 4.91. The number of hydrogen-bond donors (Lipinski definition) is 1. The zero-order valence-corrected chi connectivity index (χ0v) is 11.6. The third-order valence-electron chi connectivity index (χ3n) is 3.30. The molecule has 0 saturated heterocycles. The highest BCUT2D eigenvalue weighted by atomic mass is 19.1. The number of nitro groups is 1. The van der Waals surface area contributed by atoms with E-state index in [1.165, 1.54) is 18.7 Å². The van der Waals surface area contributed by atoms with Crippen LogP contribution < -0.4 is 0 Å². The Hall–Kier alpha value is -2.02. The third-order valence-corrected chi connectivity index (χ3v) is 3.30. The minimum Gasteiger partial charge on any atom is -0.480 e. The van der Waals surface area contributed by atoms with E-state index in [9.17, 15) is 24.4 Å². The Morgan fingerprint density at radius 3 is 2.55 bits per heavy atom. The van der Waals surface area contributed by atoms with Gasteiger partial charge in [-0.2, -0.15) is 0 Å². The lowest BCUT2D eigenvalue weighted by Crippen LogP contribution is -2.49. The Bertz CT molecular complexity index is 531. The predicted octanol–water partition coefficient (Wildman–Crippen LogP) is 2.42. The van der Waals surface area contributed by atoms with Crippen molar-refractivity contribution in [3.63, 3.8) is 0 Å². The molecule has 0 bridgehead atoms. The second-order valence-corrected chi connectivity index (χ2v) is 4.91. The number of nitrogens with zero attached hydrogens (tertiary/aromatic N) is 2. The molecule has 0 atom stereocenters. The van der Waals surface area contributed by atoms with Crippen LogP contribution in [0, 0.1) is 15.9 Å². The van der Waals surface area contributed by atoms with E-state index < -0.39 is 22.2 Å². The van der Waals surface area contributed by atoms with Crippen LogP contribution in [0.3, 0.4) is 0 Å². The molecular formula is C13H17FN2O4. The van der Waals surface area contributed by atoms with E-state index in [-0.39, 0.29) is 17.8 Å². The quantitative estimate of drug-likeness (QED) is 0.640. The highest BCUT2D eigenvalue weighted by molar-refractivity contribution is 5.77. The number of likely N-dealkylation sites (N-methyl/N-ethyl adjacent to an activating group) is 1. The van der Waals surface area contributed by atoms with Crippen LogP contribution in [-0.2, 0) is 11.3 Å². The average molecular weight is 284 g/mol. The summed E-state index contributed by atoms with van der Waals surface area (Å²) in [5.41, 5.74) is -1.26. The standard InChI is InChI=1S/C13H17FN2O4/c1-4-15(13(2,3)12(17)18)8-9-7-10(14)5-6-11(9)16(19)20/h5-7H,4,8H2,1-3H3,(H,17,18). The maximum absolute atomic E-state index is 13.3. The Balaban J connectivity index is 3.16. The van der Waals surface area contributed by atoms with Gasteiger partial charge in [0.1, 0.15) is 11.4 Å². The van der Waals surface area contributed by atoms with Crippen LogP contribution in [0.1, 0.15) is 26.3 Å². The van der Waals surface area contributed by atoms with Gasteiger partial charge in [0.15, 0.2) is 0 Å². The molecule has 1 rings (SSSR count). The first-order valence-electron chi connectivity index (χ1n) is 6.11. The molecule has 0 heterocycles. The number of hydrogen-bond acceptors (Lipinski definition) is 4. The number of carbonyl (C=O) groups is 1. The summed E-state index contributed by atoms with van der Waals surface area (Å²) in [7, 11) is 0. The molecule has 0 saturated carbocycles. The number of aliphatic carboxylic acids is 1. The Kier molecular flexibility index (Phi) is 4.78. The third kappa shape index (κ3) is 3.30. The van der Waals surface area contributed by atoms with Gasteiger partial charge in [-0.05, 0) is 32.5 Å². The molecule has 0 aliphatic heterocycles. The average Bonchev–Trinajstić information content (AvgIpc) is 2.35. The minimum absolute atomic E-state index is 0.0100. The summed E-state index contributed by atoms with van der Waals surface area (Å²) in [4.78, 5) is 23.1. The van der Waals surface area contributed by atoms with Gasteiger partial charge in [0.2, 0.25) is 0 Å². The first-order chi connectivity index (χ1) is 9.20. The van der Waals surface area contributed by atoms with Gasteiger partial charge >= 0.3 is 5.97 Å². The highest BCUT2D eigenvalue weighted by Crippen LogP contribution is 2.25. The molecule has 6 nitrogen and oxygen atoms in total. The van der Waals surface area contributed by atoms with Crippen LogP contribution in [0.2, 0.25) is 0 Å². The summed E-state index contributed by atoms with van der Waals surface area (Å²) < 4.78 is 13.3. The van der Waals surface area contributed by atoms with E-state index in [1.807, 2.05) is 0 Å². The van der Waals surface area contributed by atoms with Gasteiger partial charge in [-0.1, -0.05) is 6.92 Å². The molecule has 1 aromatic carbocycles. The second kappa shape index (κ2) is 5.96. The van der Waals surface area contributed by atoms with E-state index >= 15 is 0 Å². The predicted molar refractivity (Wildman–Crippen MR) is 70.9 cm³/mol. The highest BCUT2D eigenvalue weighted by Gasteiger charge is 2.34. The Morgan fingerprint density at radius 1 is 1.50 bits per heavy atom. The van der Waals surface area contributed by atoms with Gasteiger partial charge in [-0.15, -0.1) is 0 Å². The van der Waals surface area contributed by atoms with E-state index in [2.05, 4.69) is 0 Å². The molecular weight excluding hydrogens is 267 g/mol. The summed E-state index contributed by atoms with van der Waals surface area (Å²) in [6, 6.07) is 3.17. The van der Waals surface area contributed by atoms with Gasteiger partial charge in [-0.25, -0.2) is 4.39 Å². The normalized spacial score (nSPS) is 11.7. The van der Waals surface area contributed by atoms with Crippen molar-refractivity contribution in [2.45, 2.75) is 32.9 Å². The fraction of sp³-hybridized carbons (Fsp3) is 0.462. The van der Waals surface area contributed by atoms with Crippen molar-refractivity contribution in [3.05, 3.63) is 39.7 Å². The molecule has 110 valence electrons. The van der Waals surface area contributed by atoms with Crippen molar-refractivity contribution in [2.24, 2.45) is 0 Å². The molecule has 0 unspecified atom stereocenters. The van der Waals surface area contributed by atoms with Crippen molar-refractivity contribution in [3.8, 4) is 0 Å². The minimum atomic E-state index is -1.20. The monoisotopic (exact) mass is 284 g/mol. The van der Waals surface area contributed by atoms with Gasteiger partial charge in [0.05, 0.1) is 4.92 Å². The molecule has 0 amide bonds. The molecule has 20 heavy (non-hydrogen) atoms. The van der Waals surface area contributed by atoms with Crippen molar-refractivity contribution in [1.29, 1.82) is 0 Å². The van der Waals surface area contributed by atoms with E-state index in [1.54, 1.807) is 6.92 Å². The lowest BCUT2D eigenvalue weighted by molar-refractivity contribution is -0.385. The number of benzene rings is 1. The Labute approximate surface area is 116 Å². The number of carboxylic acids is 1. The number of rotatable bonds is 6. The van der Waals surface area contributed by atoms with Crippen LogP contribution in [0.25, 0.3) is 0 Å². The fourth-order valence-electron chi connectivity index (χ4n) is 1.90. The van der Waals surface area contributed by atoms with Gasteiger partial charge in [0, 0.05) is 18.2 Å². The molecule has 1 N–H and O–H groups in total. The van der Waals surface area contributed by atoms with Gasteiger partial charge < -0.3 is 5.11 Å². The van der Waals surface area contributed by atoms with E-state index in [4.69, 9.17) is 0 Å². The molecule has 0 radical (unpaired) electrons. The van der Waals surface area contributed by atoms with Crippen LogP contribution >= 0.6 is 0 Å². The summed E-state index contributed by atoms with van der Waals surface area (Å²) in [5, 5.41) is 20.1. The summed E-state index contributed by atoms with van der Waals surface area (Å²) in [6.07, 6.45) is 0. The van der Waals surface area contributed by atoms with Crippen molar-refractivity contribution in [1.82, 2.24) is 4.90 Å². The Morgan fingerprint density at radius 2 is 2.10 bits per heavy atom. The molecule has 0 spiro atoms. The maximum atomic E-state index is 13.3. The molecule has 0 aromatic heterocycles. The van der Waals surface area contributed by atoms with E-state index in [0.717, 1.165) is 18.2 Å². The summed E-state index contributed by atoms with van der Waals surface area (Å²) in [5.74, 6) is -1.63. The van der Waals surface area contributed by atoms with Crippen molar-refractivity contribution < 1.29 is 19.2 Å². The number of carboxylic acid groups (broad SMARTS) is 1. The SMILES string of the molecule is CCN(Cc1cc(F)ccc1[N+](=O)[O-])C(C)(C)C(=O)O. The molecule has 7 heteroatoms. The lowest BCUT2D eigenvalue weighted by Gasteiger charge is -2.34. The molecule has 0 aliphatic carbocycles. The van der Waals surface area contributed by atoms with Crippen molar-refractivity contribution >= 4 is 11.7 Å². The van der Waals surface area contributed by atoms with Crippen molar-refractivity contribution in [2.75, 3.05) is 6.54 Å². The van der Waals surface area contributed by atoms with Crippen LogP contribution in [0.5, 0.6) is 0 Å². The smallest absolute Gasteiger partial charge is 0.323 e. The first-order valence-corrected chi connectivity index (χ1v) is 6.11. The van der Waals surface area contributed by atoms with Gasteiger partial charge in [-0.3, -0.25) is 19.8 Å². The summed E-state index contributed by atoms with van der Waals surface area (Å²) in [6.45, 7) is 5.11. The molecule has 0 aliphatic rings. The zero-order valence-electron chi connectivity index (χ0n) is 11.6. The van der Waals surface area contributed by atoms with E-state index in [0.29, 0.717) is 6.54 Å².